The molecule has 0 fully saturated rings. The molecular formula is C13H22ClN3O. The van der Waals surface area contributed by atoms with Crippen molar-refractivity contribution in [3.8, 4) is 0 Å². The predicted molar refractivity (Wildman–Crippen MR) is 73.7 cm³/mol. The van der Waals surface area contributed by atoms with Gasteiger partial charge in [0.05, 0.1) is 28.9 Å². The van der Waals surface area contributed by atoms with Crippen LogP contribution >= 0.6 is 11.6 Å². The third-order valence-corrected chi connectivity index (χ3v) is 3.56. The van der Waals surface area contributed by atoms with Crippen LogP contribution in [-0.2, 0) is 24.7 Å². The summed E-state index contributed by atoms with van der Waals surface area (Å²) >= 11 is 6.22. The van der Waals surface area contributed by atoms with Crippen molar-refractivity contribution in [3.63, 3.8) is 0 Å². The van der Waals surface area contributed by atoms with Crippen LogP contribution in [0.25, 0.3) is 0 Å². The van der Waals surface area contributed by atoms with Crippen molar-refractivity contribution in [2.45, 2.75) is 46.6 Å². The first-order valence-electron chi connectivity index (χ1n) is 6.17. The molecule has 1 aromatic rings. The van der Waals surface area contributed by atoms with E-state index in [1.54, 1.807) is 11.7 Å². The summed E-state index contributed by atoms with van der Waals surface area (Å²) in [7, 11) is 1.80. The highest BCUT2D eigenvalue weighted by Crippen LogP contribution is 2.24. The van der Waals surface area contributed by atoms with Gasteiger partial charge in [0.1, 0.15) is 0 Å². The molecule has 0 aliphatic carbocycles. The standard InChI is InChI=1S/C13H22ClN3O/c1-6-8-11(14)9(17(5)16-8)7-10(18)12(15)13(2,3)4/h12H,6-7,15H2,1-5H3. The molecule has 0 amide bonds. The van der Waals surface area contributed by atoms with Crippen LogP contribution < -0.4 is 5.73 Å². The molecule has 2 N–H and O–H groups in total. The second-order valence-corrected chi connectivity index (χ2v) is 6.05. The Morgan fingerprint density at radius 3 is 2.44 bits per heavy atom. The van der Waals surface area contributed by atoms with E-state index in [9.17, 15) is 4.79 Å². The molecule has 1 atom stereocenters. The third-order valence-electron chi connectivity index (χ3n) is 3.12. The minimum absolute atomic E-state index is 0.00458. The van der Waals surface area contributed by atoms with Crippen LogP contribution in [0.5, 0.6) is 0 Å². The number of ketones is 1. The van der Waals surface area contributed by atoms with Gasteiger partial charge in [0.25, 0.3) is 0 Å². The maximum atomic E-state index is 12.1. The molecule has 1 rings (SSSR count). The predicted octanol–water partition coefficient (Wildman–Crippen LogP) is 2.12. The van der Waals surface area contributed by atoms with E-state index in [0.717, 1.165) is 17.8 Å². The zero-order valence-electron chi connectivity index (χ0n) is 11.7. The number of carbonyl (C=O) groups is 1. The molecule has 102 valence electrons. The highest BCUT2D eigenvalue weighted by Gasteiger charge is 2.28. The SMILES string of the molecule is CCc1nn(C)c(CC(=O)C(N)C(C)(C)C)c1Cl. The maximum Gasteiger partial charge on any atom is 0.156 e. The van der Waals surface area contributed by atoms with Gasteiger partial charge in [-0.1, -0.05) is 39.3 Å². The lowest BCUT2D eigenvalue weighted by Gasteiger charge is -2.25. The fourth-order valence-corrected chi connectivity index (χ4v) is 2.13. The van der Waals surface area contributed by atoms with Crippen molar-refractivity contribution in [1.29, 1.82) is 0 Å². The van der Waals surface area contributed by atoms with Crippen LogP contribution in [0, 0.1) is 5.41 Å². The van der Waals surface area contributed by atoms with Crippen molar-refractivity contribution >= 4 is 17.4 Å². The molecule has 0 bridgehead atoms. The highest BCUT2D eigenvalue weighted by molar-refractivity contribution is 6.32. The van der Waals surface area contributed by atoms with Gasteiger partial charge in [-0.25, -0.2) is 0 Å². The summed E-state index contributed by atoms with van der Waals surface area (Å²) in [5.41, 5.74) is 7.29. The van der Waals surface area contributed by atoms with Crippen LogP contribution in [-0.4, -0.2) is 21.6 Å². The summed E-state index contributed by atoms with van der Waals surface area (Å²) in [5.74, 6) is -0.00458. The van der Waals surface area contributed by atoms with Crippen LogP contribution in [0.3, 0.4) is 0 Å². The van der Waals surface area contributed by atoms with Gasteiger partial charge >= 0.3 is 0 Å². The van der Waals surface area contributed by atoms with E-state index in [2.05, 4.69) is 5.10 Å². The maximum absolute atomic E-state index is 12.1. The van der Waals surface area contributed by atoms with Gasteiger partial charge in [0.15, 0.2) is 5.78 Å². The van der Waals surface area contributed by atoms with Gasteiger partial charge in [0.2, 0.25) is 0 Å². The number of nitrogens with zero attached hydrogens (tertiary/aromatic N) is 2. The quantitative estimate of drug-likeness (QED) is 0.912. The average molecular weight is 272 g/mol. The molecule has 0 spiro atoms. The van der Waals surface area contributed by atoms with Gasteiger partial charge in [-0.2, -0.15) is 5.10 Å². The third kappa shape index (κ3) is 3.12. The summed E-state index contributed by atoms with van der Waals surface area (Å²) in [6.45, 7) is 7.86. The second kappa shape index (κ2) is 5.41. The molecule has 0 aliphatic heterocycles. The zero-order chi connectivity index (χ0) is 14.1. The molecule has 1 unspecified atom stereocenters. The first kappa shape index (κ1) is 15.2. The number of Topliss-reactive ketones (excluding diaryl/α,β-unsaturated/α-hetero) is 1. The summed E-state index contributed by atoms with van der Waals surface area (Å²) < 4.78 is 1.68. The summed E-state index contributed by atoms with van der Waals surface area (Å²) in [4.78, 5) is 12.1. The number of aromatic nitrogens is 2. The molecular weight excluding hydrogens is 250 g/mol. The minimum atomic E-state index is -0.492. The molecule has 0 aromatic carbocycles. The lowest BCUT2D eigenvalue weighted by molar-refractivity contribution is -0.121. The van der Waals surface area contributed by atoms with Gasteiger partial charge in [-0.3, -0.25) is 9.48 Å². The number of nitrogens with two attached hydrogens (primary N) is 1. The van der Waals surface area contributed by atoms with Gasteiger partial charge in [-0.05, 0) is 11.8 Å². The fourth-order valence-electron chi connectivity index (χ4n) is 1.77. The van der Waals surface area contributed by atoms with Crippen LogP contribution in [0.4, 0.5) is 0 Å². The van der Waals surface area contributed by atoms with E-state index in [1.165, 1.54) is 0 Å². The molecule has 0 radical (unpaired) electrons. The van der Waals surface area contributed by atoms with E-state index in [1.807, 2.05) is 27.7 Å². The summed E-state index contributed by atoms with van der Waals surface area (Å²) in [5, 5.41) is 4.89. The Balaban J connectivity index is 2.92. The van der Waals surface area contributed by atoms with E-state index in [4.69, 9.17) is 17.3 Å². The molecule has 0 aliphatic rings. The Kier molecular flexibility index (Phi) is 4.56. The highest BCUT2D eigenvalue weighted by atomic mass is 35.5. The number of carbonyl (C=O) groups excluding carboxylic acids is 1. The first-order chi connectivity index (χ1) is 8.18. The Morgan fingerprint density at radius 2 is 2.06 bits per heavy atom. The number of hydrogen-bond acceptors (Lipinski definition) is 3. The monoisotopic (exact) mass is 271 g/mol. The summed E-state index contributed by atoms with van der Waals surface area (Å²) in [6.07, 6.45) is 0.993. The van der Waals surface area contributed by atoms with Crippen LogP contribution in [0.15, 0.2) is 0 Å². The second-order valence-electron chi connectivity index (χ2n) is 5.67. The van der Waals surface area contributed by atoms with E-state index in [0.29, 0.717) is 5.02 Å². The van der Waals surface area contributed by atoms with E-state index in [-0.39, 0.29) is 17.6 Å². The van der Waals surface area contributed by atoms with Crippen LogP contribution in [0.2, 0.25) is 5.02 Å². The first-order valence-corrected chi connectivity index (χ1v) is 6.54. The summed E-state index contributed by atoms with van der Waals surface area (Å²) in [6, 6.07) is -0.492. The normalized spacial score (nSPS) is 13.7. The smallest absolute Gasteiger partial charge is 0.156 e. The topological polar surface area (TPSA) is 60.9 Å². The molecule has 0 saturated heterocycles. The van der Waals surface area contributed by atoms with Crippen molar-refractivity contribution < 1.29 is 4.79 Å². The molecule has 18 heavy (non-hydrogen) atoms. The number of halogens is 1. The van der Waals surface area contributed by atoms with Crippen molar-refractivity contribution in [3.05, 3.63) is 16.4 Å². The van der Waals surface area contributed by atoms with Gasteiger partial charge < -0.3 is 5.73 Å². The number of aryl methyl sites for hydroxylation is 2. The molecule has 4 nitrogen and oxygen atoms in total. The van der Waals surface area contributed by atoms with Crippen molar-refractivity contribution in [1.82, 2.24) is 9.78 Å². The Hall–Kier alpha value is -0.870. The van der Waals surface area contributed by atoms with Gasteiger partial charge in [-0.15, -0.1) is 0 Å². The molecule has 0 saturated carbocycles. The lowest BCUT2D eigenvalue weighted by atomic mass is 9.83. The molecule has 1 heterocycles. The molecule has 5 heteroatoms. The molecule has 1 aromatic heterocycles. The average Bonchev–Trinajstić information content (AvgIpc) is 2.54. The van der Waals surface area contributed by atoms with E-state index < -0.39 is 6.04 Å². The Labute approximate surface area is 113 Å². The fraction of sp³-hybridized carbons (Fsp3) is 0.692. The number of hydrogen-bond donors (Lipinski definition) is 1. The van der Waals surface area contributed by atoms with Crippen LogP contribution in [0.1, 0.15) is 39.1 Å². The largest absolute Gasteiger partial charge is 0.321 e. The van der Waals surface area contributed by atoms with Gasteiger partial charge in [0, 0.05) is 7.05 Å². The lowest BCUT2D eigenvalue weighted by Crippen LogP contribution is -2.43. The zero-order valence-corrected chi connectivity index (χ0v) is 12.5. The Bertz CT molecular complexity index is 446. The minimum Gasteiger partial charge on any atom is -0.321 e. The Morgan fingerprint density at radius 1 is 1.50 bits per heavy atom. The van der Waals surface area contributed by atoms with Crippen molar-refractivity contribution in [2.75, 3.05) is 0 Å². The van der Waals surface area contributed by atoms with E-state index >= 15 is 0 Å². The number of rotatable bonds is 4. The van der Waals surface area contributed by atoms with Crippen molar-refractivity contribution in [2.24, 2.45) is 18.2 Å².